The van der Waals surface area contributed by atoms with Gasteiger partial charge in [0.05, 0.1) is 0 Å². The summed E-state index contributed by atoms with van der Waals surface area (Å²) in [5, 5.41) is 3.55. The fourth-order valence-electron chi connectivity index (χ4n) is 4.78. The standard InChI is InChI=1S/C17H30N2O/c1-16(2)7-3-6-14(16)15(20)19-11-5-9-17(13-19)8-4-10-18-12-17/h14,18H,3-13H2,1-2H3. The number of nitrogens with one attached hydrogen (secondary N) is 1. The van der Waals surface area contributed by atoms with Crippen molar-refractivity contribution < 1.29 is 4.79 Å². The molecular weight excluding hydrogens is 248 g/mol. The lowest BCUT2D eigenvalue weighted by Gasteiger charge is -2.46. The molecule has 2 atom stereocenters. The summed E-state index contributed by atoms with van der Waals surface area (Å²) < 4.78 is 0. The van der Waals surface area contributed by atoms with Crippen LogP contribution in [-0.4, -0.2) is 37.0 Å². The van der Waals surface area contributed by atoms with Gasteiger partial charge in [-0.2, -0.15) is 0 Å². The van der Waals surface area contributed by atoms with Crippen LogP contribution in [0.5, 0.6) is 0 Å². The third kappa shape index (κ3) is 2.61. The Hall–Kier alpha value is -0.570. The topological polar surface area (TPSA) is 32.3 Å². The van der Waals surface area contributed by atoms with E-state index in [1.165, 1.54) is 38.5 Å². The Bertz CT molecular complexity index is 366. The average Bonchev–Trinajstić information content (AvgIpc) is 2.78. The predicted octanol–water partition coefficient (Wildman–Crippen LogP) is 2.80. The summed E-state index contributed by atoms with van der Waals surface area (Å²) in [4.78, 5) is 15.2. The van der Waals surface area contributed by atoms with Crippen LogP contribution in [0.25, 0.3) is 0 Å². The van der Waals surface area contributed by atoms with E-state index in [2.05, 4.69) is 24.1 Å². The summed E-state index contributed by atoms with van der Waals surface area (Å²) in [6.07, 6.45) is 8.62. The van der Waals surface area contributed by atoms with Crippen molar-refractivity contribution >= 4 is 5.91 Å². The molecule has 1 N–H and O–H groups in total. The first kappa shape index (κ1) is 14.4. The lowest BCUT2D eigenvalue weighted by molar-refractivity contribution is -0.142. The summed E-state index contributed by atoms with van der Waals surface area (Å²) in [5.41, 5.74) is 0.599. The molecule has 3 aliphatic rings. The molecule has 114 valence electrons. The molecule has 0 aromatic carbocycles. The van der Waals surface area contributed by atoms with Crippen LogP contribution in [0.3, 0.4) is 0 Å². The van der Waals surface area contributed by atoms with Crippen molar-refractivity contribution in [1.82, 2.24) is 10.2 Å². The highest BCUT2D eigenvalue weighted by Gasteiger charge is 2.44. The number of carbonyl (C=O) groups excluding carboxylic acids is 1. The van der Waals surface area contributed by atoms with Gasteiger partial charge in [-0.05, 0) is 50.5 Å². The van der Waals surface area contributed by atoms with Crippen LogP contribution in [-0.2, 0) is 4.79 Å². The molecule has 3 fully saturated rings. The van der Waals surface area contributed by atoms with E-state index in [1.54, 1.807) is 0 Å². The molecular formula is C17H30N2O. The Labute approximate surface area is 123 Å². The Kier molecular flexibility index (Phi) is 3.83. The van der Waals surface area contributed by atoms with Crippen LogP contribution < -0.4 is 5.32 Å². The molecule has 2 unspecified atom stereocenters. The predicted molar refractivity (Wildman–Crippen MR) is 81.5 cm³/mol. The average molecular weight is 278 g/mol. The molecule has 1 aliphatic carbocycles. The highest BCUT2D eigenvalue weighted by molar-refractivity contribution is 5.80. The van der Waals surface area contributed by atoms with Crippen LogP contribution in [0.2, 0.25) is 0 Å². The van der Waals surface area contributed by atoms with E-state index < -0.39 is 0 Å². The summed E-state index contributed by atoms with van der Waals surface area (Å²) >= 11 is 0. The molecule has 0 aromatic heterocycles. The van der Waals surface area contributed by atoms with E-state index in [9.17, 15) is 4.79 Å². The molecule has 1 saturated carbocycles. The van der Waals surface area contributed by atoms with Crippen molar-refractivity contribution in [3.63, 3.8) is 0 Å². The van der Waals surface area contributed by atoms with Crippen molar-refractivity contribution in [1.29, 1.82) is 0 Å². The van der Waals surface area contributed by atoms with Gasteiger partial charge >= 0.3 is 0 Å². The molecule has 0 aromatic rings. The molecule has 3 heteroatoms. The maximum absolute atomic E-state index is 12.9. The number of hydrogen-bond donors (Lipinski definition) is 1. The van der Waals surface area contributed by atoms with E-state index in [4.69, 9.17) is 0 Å². The quantitative estimate of drug-likeness (QED) is 0.800. The highest BCUT2D eigenvalue weighted by atomic mass is 16.2. The Morgan fingerprint density at radius 2 is 1.95 bits per heavy atom. The molecule has 2 aliphatic heterocycles. The number of rotatable bonds is 1. The van der Waals surface area contributed by atoms with Gasteiger partial charge in [0.15, 0.2) is 0 Å². The first-order chi connectivity index (χ1) is 9.53. The minimum Gasteiger partial charge on any atom is -0.342 e. The van der Waals surface area contributed by atoms with E-state index >= 15 is 0 Å². The molecule has 20 heavy (non-hydrogen) atoms. The largest absolute Gasteiger partial charge is 0.342 e. The van der Waals surface area contributed by atoms with Crippen LogP contribution >= 0.6 is 0 Å². The number of hydrogen-bond acceptors (Lipinski definition) is 2. The number of piperidine rings is 2. The number of likely N-dealkylation sites (tertiary alicyclic amines) is 1. The van der Waals surface area contributed by atoms with E-state index in [0.29, 0.717) is 11.3 Å². The van der Waals surface area contributed by atoms with Gasteiger partial charge < -0.3 is 10.2 Å². The first-order valence-corrected chi connectivity index (χ1v) is 8.52. The third-order valence-corrected chi connectivity index (χ3v) is 6.09. The second kappa shape index (κ2) is 5.32. The molecule has 2 saturated heterocycles. The molecule has 3 nitrogen and oxygen atoms in total. The fraction of sp³-hybridized carbons (Fsp3) is 0.941. The molecule has 1 spiro atoms. The maximum Gasteiger partial charge on any atom is 0.226 e. The van der Waals surface area contributed by atoms with E-state index in [1.807, 2.05) is 0 Å². The SMILES string of the molecule is CC1(C)CCCC1C(=O)N1CCCC2(CCCNC2)C1. The van der Waals surface area contributed by atoms with Crippen molar-refractivity contribution in [2.75, 3.05) is 26.2 Å². The van der Waals surface area contributed by atoms with Gasteiger partial charge in [-0.25, -0.2) is 0 Å². The van der Waals surface area contributed by atoms with Gasteiger partial charge in [-0.15, -0.1) is 0 Å². The van der Waals surface area contributed by atoms with Gasteiger partial charge in [0.1, 0.15) is 0 Å². The lowest BCUT2D eigenvalue weighted by Crippen LogP contribution is -2.54. The van der Waals surface area contributed by atoms with E-state index in [-0.39, 0.29) is 11.3 Å². The van der Waals surface area contributed by atoms with Crippen LogP contribution in [0, 0.1) is 16.7 Å². The second-order valence-electron chi connectivity index (χ2n) is 8.08. The van der Waals surface area contributed by atoms with Crippen molar-refractivity contribution in [2.45, 2.75) is 58.8 Å². The number of amides is 1. The fourth-order valence-corrected chi connectivity index (χ4v) is 4.78. The Balaban J connectivity index is 1.69. The zero-order valence-electron chi connectivity index (χ0n) is 13.2. The molecule has 3 rings (SSSR count). The summed E-state index contributed by atoms with van der Waals surface area (Å²) in [7, 11) is 0. The van der Waals surface area contributed by atoms with Crippen LogP contribution in [0.1, 0.15) is 58.8 Å². The van der Waals surface area contributed by atoms with Gasteiger partial charge in [0.2, 0.25) is 5.91 Å². The maximum atomic E-state index is 12.9. The van der Waals surface area contributed by atoms with Gasteiger partial charge in [0.25, 0.3) is 0 Å². The number of carbonyl (C=O) groups is 1. The zero-order valence-corrected chi connectivity index (χ0v) is 13.2. The first-order valence-electron chi connectivity index (χ1n) is 8.52. The summed E-state index contributed by atoms with van der Waals surface area (Å²) in [6.45, 7) is 8.84. The van der Waals surface area contributed by atoms with Crippen molar-refractivity contribution in [3.05, 3.63) is 0 Å². The minimum atomic E-state index is 0.215. The minimum absolute atomic E-state index is 0.215. The van der Waals surface area contributed by atoms with Gasteiger partial charge in [0, 0.05) is 31.0 Å². The highest BCUT2D eigenvalue weighted by Crippen LogP contribution is 2.45. The van der Waals surface area contributed by atoms with Crippen molar-refractivity contribution in [3.8, 4) is 0 Å². The Morgan fingerprint density at radius 3 is 2.60 bits per heavy atom. The smallest absolute Gasteiger partial charge is 0.226 e. The molecule has 2 heterocycles. The van der Waals surface area contributed by atoms with Crippen LogP contribution in [0.4, 0.5) is 0 Å². The summed E-state index contributed by atoms with van der Waals surface area (Å²) in [6, 6.07) is 0. The molecule has 0 bridgehead atoms. The molecule has 1 amide bonds. The van der Waals surface area contributed by atoms with Gasteiger partial charge in [-0.3, -0.25) is 4.79 Å². The normalized spacial score (nSPS) is 37.3. The van der Waals surface area contributed by atoms with Crippen molar-refractivity contribution in [2.24, 2.45) is 16.7 Å². The lowest BCUT2D eigenvalue weighted by atomic mass is 9.73. The monoisotopic (exact) mass is 278 g/mol. The molecule has 0 radical (unpaired) electrons. The third-order valence-electron chi connectivity index (χ3n) is 6.09. The second-order valence-corrected chi connectivity index (χ2v) is 8.08. The van der Waals surface area contributed by atoms with Crippen LogP contribution in [0.15, 0.2) is 0 Å². The Morgan fingerprint density at radius 1 is 1.15 bits per heavy atom. The van der Waals surface area contributed by atoms with E-state index in [0.717, 1.165) is 32.6 Å². The van der Waals surface area contributed by atoms with Gasteiger partial charge in [-0.1, -0.05) is 20.3 Å². The zero-order chi connectivity index (χ0) is 14.2. The number of nitrogens with zero attached hydrogens (tertiary/aromatic N) is 1. The summed E-state index contributed by atoms with van der Waals surface area (Å²) in [5.74, 6) is 0.728.